The molecule has 0 saturated carbocycles. The fourth-order valence-electron chi connectivity index (χ4n) is 2.75. The predicted molar refractivity (Wildman–Crippen MR) is 97.8 cm³/mol. The van der Waals surface area contributed by atoms with Gasteiger partial charge in [0.05, 0.1) is 10.5 Å². The highest BCUT2D eigenvalue weighted by Crippen LogP contribution is 2.29. The van der Waals surface area contributed by atoms with Gasteiger partial charge in [0.2, 0.25) is 10.0 Å². The lowest BCUT2D eigenvalue weighted by atomic mass is 10.0. The number of hydrogen-bond acceptors (Lipinski definition) is 4. The third-order valence-electron chi connectivity index (χ3n) is 4.20. The van der Waals surface area contributed by atoms with Crippen molar-refractivity contribution in [2.45, 2.75) is 18.4 Å². The molecule has 6 nitrogen and oxygen atoms in total. The van der Waals surface area contributed by atoms with E-state index in [9.17, 15) is 18.3 Å². The molecule has 26 heavy (non-hydrogen) atoms. The van der Waals surface area contributed by atoms with Crippen molar-refractivity contribution >= 4 is 26.8 Å². The number of fused-ring (bicyclic) bond motifs is 1. The van der Waals surface area contributed by atoms with Gasteiger partial charge < -0.3 is 9.84 Å². The minimum Gasteiger partial charge on any atom is -0.488 e. The number of sulfonamides is 1. The summed E-state index contributed by atoms with van der Waals surface area (Å²) in [6.07, 6.45) is 0. The monoisotopic (exact) mass is 371 g/mol. The van der Waals surface area contributed by atoms with Crippen molar-refractivity contribution in [3.8, 4) is 5.75 Å². The van der Waals surface area contributed by atoms with Crippen LogP contribution in [0.15, 0.2) is 59.5 Å². The Balaban J connectivity index is 1.97. The molecule has 0 bridgehead atoms. The number of rotatable bonds is 5. The van der Waals surface area contributed by atoms with Crippen LogP contribution in [-0.2, 0) is 16.6 Å². The lowest BCUT2D eigenvalue weighted by molar-refractivity contribution is 0.0696. The van der Waals surface area contributed by atoms with Crippen LogP contribution in [0.2, 0.25) is 0 Å². The average molecular weight is 371 g/mol. The summed E-state index contributed by atoms with van der Waals surface area (Å²) in [5.74, 6) is -0.500. The van der Waals surface area contributed by atoms with Crippen LogP contribution in [0.1, 0.15) is 21.5 Å². The zero-order chi connectivity index (χ0) is 18.9. The Kier molecular flexibility index (Phi) is 4.67. The summed E-state index contributed by atoms with van der Waals surface area (Å²) < 4.78 is 29.0. The SMILES string of the molecule is Cc1c(COc2cccc3ccc(S(N)(=O)=O)cc23)cccc1C(=O)O. The van der Waals surface area contributed by atoms with E-state index >= 15 is 0 Å². The highest BCUT2D eigenvalue weighted by atomic mass is 32.2. The molecule has 0 spiro atoms. The molecule has 3 N–H and O–H groups in total. The molecule has 0 amide bonds. The van der Waals surface area contributed by atoms with Crippen molar-refractivity contribution in [2.24, 2.45) is 5.14 Å². The Labute approximate surface area is 150 Å². The maximum absolute atomic E-state index is 11.6. The van der Waals surface area contributed by atoms with Crippen molar-refractivity contribution in [2.75, 3.05) is 0 Å². The topological polar surface area (TPSA) is 107 Å². The van der Waals surface area contributed by atoms with Crippen molar-refractivity contribution in [3.05, 3.63) is 71.3 Å². The standard InChI is InChI=1S/C19H17NO5S/c1-12-14(5-2-6-16(12)19(21)22)11-25-18-7-3-4-13-8-9-15(10-17(13)18)26(20,23)24/h2-10H,11H2,1H3,(H,21,22)(H2,20,23,24). The lowest BCUT2D eigenvalue weighted by Crippen LogP contribution is -2.11. The highest BCUT2D eigenvalue weighted by molar-refractivity contribution is 7.89. The molecule has 0 heterocycles. The first-order valence-corrected chi connectivity index (χ1v) is 9.32. The van der Waals surface area contributed by atoms with Gasteiger partial charge >= 0.3 is 5.97 Å². The number of ether oxygens (including phenoxy) is 1. The molecular weight excluding hydrogens is 354 g/mol. The van der Waals surface area contributed by atoms with Crippen LogP contribution in [-0.4, -0.2) is 19.5 Å². The third-order valence-corrected chi connectivity index (χ3v) is 5.11. The number of nitrogens with two attached hydrogens (primary N) is 1. The summed E-state index contributed by atoms with van der Waals surface area (Å²) in [5, 5.41) is 15.8. The summed E-state index contributed by atoms with van der Waals surface area (Å²) >= 11 is 0. The van der Waals surface area contributed by atoms with Gasteiger partial charge in [-0.05, 0) is 47.7 Å². The van der Waals surface area contributed by atoms with Gasteiger partial charge in [-0.15, -0.1) is 0 Å². The number of aromatic carboxylic acids is 1. The quantitative estimate of drug-likeness (QED) is 0.717. The van der Waals surface area contributed by atoms with Gasteiger partial charge in [-0.2, -0.15) is 0 Å². The first-order chi connectivity index (χ1) is 12.3. The van der Waals surface area contributed by atoms with Crippen molar-refractivity contribution < 1.29 is 23.1 Å². The molecule has 0 unspecified atom stereocenters. The van der Waals surface area contributed by atoms with Gasteiger partial charge in [0.1, 0.15) is 12.4 Å². The Bertz CT molecular complexity index is 1110. The van der Waals surface area contributed by atoms with E-state index in [4.69, 9.17) is 9.88 Å². The largest absolute Gasteiger partial charge is 0.488 e. The maximum atomic E-state index is 11.6. The van der Waals surface area contributed by atoms with Crippen LogP contribution in [0.25, 0.3) is 10.8 Å². The van der Waals surface area contributed by atoms with E-state index in [1.165, 1.54) is 18.2 Å². The lowest BCUT2D eigenvalue weighted by Gasteiger charge is -2.13. The fraction of sp³-hybridized carbons (Fsp3) is 0.105. The van der Waals surface area contributed by atoms with E-state index in [-0.39, 0.29) is 17.1 Å². The number of hydrogen-bond donors (Lipinski definition) is 2. The summed E-state index contributed by atoms with van der Waals surface area (Å²) in [6.45, 7) is 1.88. The summed E-state index contributed by atoms with van der Waals surface area (Å²) in [7, 11) is -3.82. The molecule has 3 aromatic rings. The molecule has 7 heteroatoms. The Morgan fingerprint density at radius 2 is 1.85 bits per heavy atom. The van der Waals surface area contributed by atoms with E-state index in [2.05, 4.69) is 0 Å². The molecule has 0 fully saturated rings. The van der Waals surface area contributed by atoms with E-state index in [0.29, 0.717) is 16.7 Å². The number of carboxylic acids is 1. The summed E-state index contributed by atoms with van der Waals surface area (Å²) in [5.41, 5.74) is 1.59. The van der Waals surface area contributed by atoms with Crippen LogP contribution >= 0.6 is 0 Å². The predicted octanol–water partition coefficient (Wildman–Crippen LogP) is 3.07. The van der Waals surface area contributed by atoms with Crippen LogP contribution < -0.4 is 9.88 Å². The smallest absolute Gasteiger partial charge is 0.335 e. The molecule has 3 rings (SSSR count). The van der Waals surface area contributed by atoms with Crippen molar-refractivity contribution in [1.82, 2.24) is 0 Å². The zero-order valence-corrected chi connectivity index (χ0v) is 14.8. The Hall–Kier alpha value is -2.90. The molecule has 0 aliphatic carbocycles. The van der Waals surface area contributed by atoms with Gasteiger partial charge in [0.15, 0.2) is 0 Å². The molecule has 0 atom stereocenters. The first-order valence-electron chi connectivity index (χ1n) is 7.77. The number of benzene rings is 3. The molecule has 0 saturated heterocycles. The van der Waals surface area contributed by atoms with E-state index in [1.807, 2.05) is 6.07 Å². The van der Waals surface area contributed by atoms with Gasteiger partial charge in [0.25, 0.3) is 0 Å². The van der Waals surface area contributed by atoms with Gasteiger partial charge in [-0.3, -0.25) is 0 Å². The van der Waals surface area contributed by atoms with Crippen molar-refractivity contribution in [3.63, 3.8) is 0 Å². The molecule has 134 valence electrons. The zero-order valence-electron chi connectivity index (χ0n) is 14.0. The Morgan fingerprint density at radius 3 is 2.54 bits per heavy atom. The second-order valence-corrected chi connectivity index (χ2v) is 7.43. The summed E-state index contributed by atoms with van der Waals surface area (Å²) in [6, 6.07) is 14.9. The van der Waals surface area contributed by atoms with Gasteiger partial charge in [-0.25, -0.2) is 18.4 Å². The average Bonchev–Trinajstić information content (AvgIpc) is 2.59. The van der Waals surface area contributed by atoms with Crippen molar-refractivity contribution in [1.29, 1.82) is 0 Å². The second kappa shape index (κ2) is 6.78. The molecule has 0 radical (unpaired) electrons. The Morgan fingerprint density at radius 1 is 1.12 bits per heavy atom. The molecule has 0 aliphatic rings. The van der Waals surface area contributed by atoms with E-state index < -0.39 is 16.0 Å². The van der Waals surface area contributed by atoms with Crippen LogP contribution in [0, 0.1) is 6.92 Å². The maximum Gasteiger partial charge on any atom is 0.335 e. The molecule has 0 aliphatic heterocycles. The normalized spacial score (nSPS) is 11.5. The molecule has 3 aromatic carbocycles. The minimum absolute atomic E-state index is 0.00473. The van der Waals surface area contributed by atoms with Crippen LogP contribution in [0.3, 0.4) is 0 Å². The first kappa shape index (κ1) is 17.9. The second-order valence-electron chi connectivity index (χ2n) is 5.87. The highest BCUT2D eigenvalue weighted by Gasteiger charge is 2.13. The molecular formula is C19H17NO5S. The van der Waals surface area contributed by atoms with E-state index in [0.717, 1.165) is 10.9 Å². The number of carbonyl (C=O) groups is 1. The number of primary sulfonamides is 1. The van der Waals surface area contributed by atoms with E-state index in [1.54, 1.807) is 37.3 Å². The summed E-state index contributed by atoms with van der Waals surface area (Å²) in [4.78, 5) is 11.2. The third kappa shape index (κ3) is 3.54. The van der Waals surface area contributed by atoms with Gasteiger partial charge in [-0.1, -0.05) is 30.3 Å². The fourth-order valence-corrected chi connectivity index (χ4v) is 3.29. The number of carboxylic acid groups (broad SMARTS) is 1. The van der Waals surface area contributed by atoms with Crippen LogP contribution in [0.4, 0.5) is 0 Å². The minimum atomic E-state index is -3.82. The van der Waals surface area contributed by atoms with Crippen LogP contribution in [0.5, 0.6) is 5.75 Å². The molecule has 0 aromatic heterocycles. The van der Waals surface area contributed by atoms with Gasteiger partial charge in [0, 0.05) is 5.39 Å².